The van der Waals surface area contributed by atoms with Crippen LogP contribution in [0.4, 0.5) is 0 Å². The third kappa shape index (κ3) is 2.69. The van der Waals surface area contributed by atoms with Gasteiger partial charge in [0.1, 0.15) is 0 Å². The smallest absolute Gasteiger partial charge is 0.155 e. The van der Waals surface area contributed by atoms with Gasteiger partial charge in [-0.2, -0.15) is 10.5 Å². The lowest BCUT2D eigenvalue weighted by Crippen LogP contribution is -2.08. The van der Waals surface area contributed by atoms with Gasteiger partial charge in [0, 0.05) is 5.92 Å². The molecule has 0 radical (unpaired) electrons. The maximum absolute atomic E-state index is 8.87. The van der Waals surface area contributed by atoms with Gasteiger partial charge in [-0.15, -0.1) is 6.58 Å². The van der Waals surface area contributed by atoms with Gasteiger partial charge in [0.25, 0.3) is 0 Å². The minimum absolute atomic E-state index is 0.113. The third-order valence-corrected chi connectivity index (χ3v) is 2.29. The van der Waals surface area contributed by atoms with E-state index in [1.165, 1.54) is 0 Å². The minimum atomic E-state index is -0.664. The Morgan fingerprint density at radius 3 is 2.67 bits per heavy atom. The molecule has 0 aromatic rings. The molecule has 1 atom stereocenters. The van der Waals surface area contributed by atoms with Crippen molar-refractivity contribution in [3.63, 3.8) is 0 Å². The standard InChI is InChI=1S/C13H12N2/c1-2-6-11-7-4-3-5-8-13(11)12(9-14)10-15/h2-5,7-8,11-12H,1,6H2. The molecule has 74 valence electrons. The van der Waals surface area contributed by atoms with Crippen molar-refractivity contribution in [2.24, 2.45) is 11.8 Å². The molecule has 1 aliphatic carbocycles. The summed E-state index contributed by atoms with van der Waals surface area (Å²) < 4.78 is 0. The van der Waals surface area contributed by atoms with E-state index in [0.29, 0.717) is 0 Å². The van der Waals surface area contributed by atoms with Crippen molar-refractivity contribution < 1.29 is 0 Å². The molecule has 1 aliphatic rings. The molecule has 2 heteroatoms. The van der Waals surface area contributed by atoms with Crippen LogP contribution in [0.3, 0.4) is 0 Å². The van der Waals surface area contributed by atoms with Crippen molar-refractivity contribution in [1.29, 1.82) is 10.5 Å². The fourth-order valence-corrected chi connectivity index (χ4v) is 1.55. The highest BCUT2D eigenvalue weighted by Crippen LogP contribution is 2.26. The Kier molecular flexibility index (Phi) is 4.13. The second kappa shape index (κ2) is 5.62. The zero-order valence-corrected chi connectivity index (χ0v) is 8.43. The maximum atomic E-state index is 8.87. The molecule has 0 amide bonds. The lowest BCUT2D eigenvalue weighted by atomic mass is 9.87. The Morgan fingerprint density at radius 2 is 2.07 bits per heavy atom. The zero-order chi connectivity index (χ0) is 11.1. The molecule has 0 aliphatic heterocycles. The summed E-state index contributed by atoms with van der Waals surface area (Å²) in [7, 11) is 0. The van der Waals surface area contributed by atoms with Gasteiger partial charge < -0.3 is 0 Å². The van der Waals surface area contributed by atoms with Gasteiger partial charge >= 0.3 is 0 Å². The summed E-state index contributed by atoms with van der Waals surface area (Å²) in [6.45, 7) is 3.68. The van der Waals surface area contributed by atoms with E-state index in [1.54, 1.807) is 6.08 Å². The van der Waals surface area contributed by atoms with E-state index in [2.05, 4.69) is 6.58 Å². The Morgan fingerprint density at radius 1 is 1.33 bits per heavy atom. The number of nitrogens with zero attached hydrogens (tertiary/aromatic N) is 2. The molecule has 0 bridgehead atoms. The summed E-state index contributed by atoms with van der Waals surface area (Å²) in [6, 6.07) is 4.01. The van der Waals surface area contributed by atoms with Crippen LogP contribution < -0.4 is 0 Å². The molecule has 15 heavy (non-hydrogen) atoms. The van der Waals surface area contributed by atoms with Crippen LogP contribution in [0.2, 0.25) is 0 Å². The van der Waals surface area contributed by atoms with E-state index in [9.17, 15) is 0 Å². The Bertz CT molecular complexity index is 385. The SMILES string of the molecule is C=CCC1C=CC=CC=C1C(C#N)C#N. The van der Waals surface area contributed by atoms with Gasteiger partial charge in [-0.1, -0.05) is 36.5 Å². The molecule has 1 unspecified atom stereocenters. The summed E-state index contributed by atoms with van der Waals surface area (Å²) in [4.78, 5) is 0. The Labute approximate surface area is 90.1 Å². The van der Waals surface area contributed by atoms with Crippen LogP contribution in [0, 0.1) is 34.5 Å². The summed E-state index contributed by atoms with van der Waals surface area (Å²) in [5.41, 5.74) is 0.852. The molecule has 0 fully saturated rings. The van der Waals surface area contributed by atoms with Crippen LogP contribution >= 0.6 is 0 Å². The summed E-state index contributed by atoms with van der Waals surface area (Å²) in [5.74, 6) is -0.552. The molecule has 0 aromatic carbocycles. The fourth-order valence-electron chi connectivity index (χ4n) is 1.55. The van der Waals surface area contributed by atoms with Gasteiger partial charge in [-0.05, 0) is 12.0 Å². The highest BCUT2D eigenvalue weighted by molar-refractivity contribution is 5.34. The number of nitriles is 2. The van der Waals surface area contributed by atoms with Crippen LogP contribution in [-0.4, -0.2) is 0 Å². The van der Waals surface area contributed by atoms with Crippen molar-refractivity contribution in [2.45, 2.75) is 6.42 Å². The molecule has 0 N–H and O–H groups in total. The minimum Gasteiger partial charge on any atom is -0.197 e. The molecule has 0 aromatic heterocycles. The average Bonchev–Trinajstić information content (AvgIpc) is 2.47. The summed E-state index contributed by atoms with van der Waals surface area (Å²) >= 11 is 0. The third-order valence-electron chi connectivity index (χ3n) is 2.29. The molecular weight excluding hydrogens is 184 g/mol. The Hall–Kier alpha value is -2.06. The number of hydrogen-bond acceptors (Lipinski definition) is 2. The summed E-state index contributed by atoms with van der Waals surface area (Å²) in [6.07, 6.45) is 12.1. The fraction of sp³-hybridized carbons (Fsp3) is 0.231. The first kappa shape index (κ1) is 11.0. The number of allylic oxidation sites excluding steroid dienone is 7. The maximum Gasteiger partial charge on any atom is 0.155 e. The van der Waals surface area contributed by atoms with Crippen molar-refractivity contribution in [3.05, 3.63) is 48.6 Å². The van der Waals surface area contributed by atoms with E-state index in [-0.39, 0.29) is 5.92 Å². The van der Waals surface area contributed by atoms with Gasteiger partial charge in [-0.25, -0.2) is 0 Å². The lowest BCUT2D eigenvalue weighted by molar-refractivity contribution is 0.717. The molecule has 0 saturated carbocycles. The second-order valence-corrected chi connectivity index (χ2v) is 3.26. The van der Waals surface area contributed by atoms with Crippen molar-refractivity contribution >= 4 is 0 Å². The molecule has 0 spiro atoms. The van der Waals surface area contributed by atoms with Gasteiger partial charge in [0.05, 0.1) is 12.1 Å². The van der Waals surface area contributed by atoms with Gasteiger partial charge in [0.15, 0.2) is 5.92 Å². The highest BCUT2D eigenvalue weighted by atomic mass is 14.3. The lowest BCUT2D eigenvalue weighted by Gasteiger charge is -2.14. The average molecular weight is 196 g/mol. The predicted octanol–water partition coefficient (Wildman–Crippen LogP) is 2.89. The van der Waals surface area contributed by atoms with E-state index in [0.717, 1.165) is 12.0 Å². The van der Waals surface area contributed by atoms with Gasteiger partial charge in [0.2, 0.25) is 0 Å². The predicted molar refractivity (Wildman–Crippen MR) is 59.4 cm³/mol. The number of hydrogen-bond donors (Lipinski definition) is 0. The van der Waals surface area contributed by atoms with E-state index >= 15 is 0 Å². The van der Waals surface area contributed by atoms with Crippen LogP contribution in [0.5, 0.6) is 0 Å². The quantitative estimate of drug-likeness (QED) is 0.651. The first-order valence-corrected chi connectivity index (χ1v) is 4.78. The van der Waals surface area contributed by atoms with Crippen LogP contribution in [0.1, 0.15) is 6.42 Å². The largest absolute Gasteiger partial charge is 0.197 e. The van der Waals surface area contributed by atoms with E-state index in [1.807, 2.05) is 42.5 Å². The zero-order valence-electron chi connectivity index (χ0n) is 8.43. The molecule has 0 saturated heterocycles. The first-order valence-electron chi connectivity index (χ1n) is 4.78. The molecule has 0 heterocycles. The van der Waals surface area contributed by atoms with Crippen molar-refractivity contribution in [3.8, 4) is 12.1 Å². The first-order chi connectivity index (χ1) is 7.33. The highest BCUT2D eigenvalue weighted by Gasteiger charge is 2.19. The number of rotatable bonds is 3. The van der Waals surface area contributed by atoms with Crippen molar-refractivity contribution in [1.82, 2.24) is 0 Å². The van der Waals surface area contributed by atoms with Crippen LogP contribution in [0.25, 0.3) is 0 Å². The van der Waals surface area contributed by atoms with Crippen molar-refractivity contribution in [2.75, 3.05) is 0 Å². The topological polar surface area (TPSA) is 47.6 Å². The normalized spacial score (nSPS) is 18.9. The van der Waals surface area contributed by atoms with Crippen LogP contribution in [0.15, 0.2) is 48.6 Å². The van der Waals surface area contributed by atoms with Crippen LogP contribution in [-0.2, 0) is 0 Å². The van der Waals surface area contributed by atoms with Gasteiger partial charge in [-0.3, -0.25) is 0 Å². The second-order valence-electron chi connectivity index (χ2n) is 3.26. The molecule has 2 nitrogen and oxygen atoms in total. The Balaban J connectivity index is 3.01. The summed E-state index contributed by atoms with van der Waals surface area (Å²) in [5, 5.41) is 17.7. The molecular formula is C13H12N2. The van der Waals surface area contributed by atoms with E-state index < -0.39 is 5.92 Å². The monoisotopic (exact) mass is 196 g/mol. The molecule has 1 rings (SSSR count). The van der Waals surface area contributed by atoms with E-state index in [4.69, 9.17) is 10.5 Å².